The van der Waals surface area contributed by atoms with E-state index in [1.165, 1.54) is 12.8 Å². The third-order valence-electron chi connectivity index (χ3n) is 4.16. The Labute approximate surface area is 144 Å². The van der Waals surface area contributed by atoms with Crippen molar-refractivity contribution in [3.8, 4) is 5.75 Å². The van der Waals surface area contributed by atoms with Crippen LogP contribution in [0.2, 0.25) is 0 Å². The fourth-order valence-electron chi connectivity index (χ4n) is 2.89. The van der Waals surface area contributed by atoms with Crippen LogP contribution in [0.3, 0.4) is 0 Å². The van der Waals surface area contributed by atoms with Gasteiger partial charge in [-0.1, -0.05) is 11.8 Å². The van der Waals surface area contributed by atoms with E-state index < -0.39 is 0 Å². The first-order chi connectivity index (χ1) is 11.8. The summed E-state index contributed by atoms with van der Waals surface area (Å²) in [5, 5.41) is 0.889. The minimum Gasteiger partial charge on any atom is -0.497 e. The highest BCUT2D eigenvalue weighted by molar-refractivity contribution is 7.98. The van der Waals surface area contributed by atoms with Crippen molar-refractivity contribution in [3.05, 3.63) is 36.3 Å². The number of hydrogen-bond acceptors (Lipinski definition) is 6. The molecule has 1 aliphatic heterocycles. The van der Waals surface area contributed by atoms with Crippen molar-refractivity contribution in [2.75, 3.05) is 25.1 Å². The van der Waals surface area contributed by atoms with Crippen LogP contribution in [-0.2, 0) is 5.75 Å². The average Bonchev–Trinajstić information content (AvgIpc) is 3.29. The maximum absolute atomic E-state index is 5.25. The van der Waals surface area contributed by atoms with Gasteiger partial charge in [-0.2, -0.15) is 0 Å². The summed E-state index contributed by atoms with van der Waals surface area (Å²) in [6, 6.07) is 7.93. The Morgan fingerprint density at radius 3 is 2.92 bits per heavy atom. The van der Waals surface area contributed by atoms with Gasteiger partial charge in [0, 0.05) is 31.0 Å². The Hall–Kier alpha value is -2.28. The van der Waals surface area contributed by atoms with Gasteiger partial charge in [-0.25, -0.2) is 15.0 Å². The molecule has 0 saturated carbocycles. The van der Waals surface area contributed by atoms with E-state index in [0.717, 1.165) is 52.3 Å². The van der Waals surface area contributed by atoms with Gasteiger partial charge in [0.15, 0.2) is 5.16 Å². The first-order valence-corrected chi connectivity index (χ1v) is 9.03. The Morgan fingerprint density at radius 1 is 1.21 bits per heavy atom. The molecule has 0 unspecified atom stereocenters. The minimum atomic E-state index is 0.764. The van der Waals surface area contributed by atoms with Crippen molar-refractivity contribution in [1.29, 1.82) is 0 Å². The van der Waals surface area contributed by atoms with Crippen LogP contribution >= 0.6 is 11.8 Å². The molecule has 1 fully saturated rings. The van der Waals surface area contributed by atoms with Gasteiger partial charge >= 0.3 is 0 Å². The number of nitrogens with one attached hydrogen (secondary N) is 1. The van der Waals surface area contributed by atoms with Gasteiger partial charge in [-0.15, -0.1) is 0 Å². The predicted molar refractivity (Wildman–Crippen MR) is 95.7 cm³/mol. The van der Waals surface area contributed by atoms with Gasteiger partial charge in [-0.3, -0.25) is 0 Å². The van der Waals surface area contributed by atoms with Crippen LogP contribution < -0.4 is 9.64 Å². The first kappa shape index (κ1) is 15.3. The smallest absolute Gasteiger partial charge is 0.166 e. The highest BCUT2D eigenvalue weighted by Crippen LogP contribution is 2.26. The third kappa shape index (κ3) is 3.17. The van der Waals surface area contributed by atoms with Gasteiger partial charge < -0.3 is 14.6 Å². The van der Waals surface area contributed by atoms with E-state index in [2.05, 4.69) is 30.9 Å². The van der Waals surface area contributed by atoms with Crippen molar-refractivity contribution in [3.63, 3.8) is 0 Å². The quantitative estimate of drug-likeness (QED) is 0.719. The third-order valence-corrected chi connectivity index (χ3v) is 5.07. The van der Waals surface area contributed by atoms with Crippen LogP contribution in [0.25, 0.3) is 11.0 Å². The molecule has 4 rings (SSSR count). The van der Waals surface area contributed by atoms with Crippen LogP contribution in [0, 0.1) is 0 Å². The second kappa shape index (κ2) is 6.68. The molecule has 1 aromatic carbocycles. The van der Waals surface area contributed by atoms with Gasteiger partial charge in [0.25, 0.3) is 0 Å². The molecule has 1 N–H and O–H groups in total. The minimum absolute atomic E-state index is 0.764. The number of imidazole rings is 1. The number of anilines is 1. The number of benzene rings is 1. The van der Waals surface area contributed by atoms with Crippen LogP contribution in [-0.4, -0.2) is 40.1 Å². The number of ether oxygens (including phenoxy) is 1. The van der Waals surface area contributed by atoms with Crippen molar-refractivity contribution in [2.45, 2.75) is 23.8 Å². The number of aromatic nitrogens is 4. The summed E-state index contributed by atoms with van der Waals surface area (Å²) in [5.74, 6) is 2.63. The van der Waals surface area contributed by atoms with Gasteiger partial charge in [0.2, 0.25) is 0 Å². The van der Waals surface area contributed by atoms with E-state index in [0.29, 0.717) is 0 Å². The van der Waals surface area contributed by atoms with Crippen molar-refractivity contribution >= 4 is 28.6 Å². The van der Waals surface area contributed by atoms with E-state index in [-0.39, 0.29) is 0 Å². The number of methoxy groups -OCH3 is 1. The first-order valence-electron chi connectivity index (χ1n) is 8.04. The summed E-state index contributed by atoms with van der Waals surface area (Å²) >= 11 is 1.65. The topological polar surface area (TPSA) is 66.9 Å². The summed E-state index contributed by atoms with van der Waals surface area (Å²) in [6.45, 7) is 2.18. The number of fused-ring (bicyclic) bond motifs is 1. The molecule has 124 valence electrons. The van der Waals surface area contributed by atoms with Crippen LogP contribution in [0.15, 0.2) is 35.7 Å². The molecule has 3 aromatic rings. The Bertz CT molecular complexity index is 844. The molecule has 0 bridgehead atoms. The standard InChI is InChI=1S/C17H19N5OS/c1-23-13-4-5-14-15(9-13)21-17(20-14)24-10-12-8-16(19-11-18-12)22-6-2-3-7-22/h4-5,8-9,11H,2-3,6-7,10H2,1H3,(H,20,21). The van der Waals surface area contributed by atoms with Crippen molar-refractivity contribution in [1.82, 2.24) is 19.9 Å². The number of nitrogens with zero attached hydrogens (tertiary/aromatic N) is 4. The monoisotopic (exact) mass is 341 g/mol. The normalized spacial score (nSPS) is 14.5. The summed E-state index contributed by atoms with van der Waals surface area (Å²) in [5.41, 5.74) is 2.95. The van der Waals surface area contributed by atoms with Crippen molar-refractivity contribution < 1.29 is 4.74 Å². The maximum atomic E-state index is 5.25. The zero-order valence-electron chi connectivity index (χ0n) is 13.5. The average molecular weight is 341 g/mol. The lowest BCUT2D eigenvalue weighted by Gasteiger charge is -2.16. The molecule has 1 saturated heterocycles. The lowest BCUT2D eigenvalue weighted by Crippen LogP contribution is -2.19. The molecule has 3 heterocycles. The summed E-state index contributed by atoms with van der Waals surface area (Å²) in [4.78, 5) is 19.0. The molecule has 7 heteroatoms. The lowest BCUT2D eigenvalue weighted by molar-refractivity contribution is 0.415. The summed E-state index contributed by atoms with van der Waals surface area (Å²) < 4.78 is 5.25. The van der Waals surface area contributed by atoms with Crippen LogP contribution in [0.5, 0.6) is 5.75 Å². The predicted octanol–water partition coefficient (Wildman–Crippen LogP) is 3.25. The number of rotatable bonds is 5. The van der Waals surface area contributed by atoms with Crippen molar-refractivity contribution in [2.24, 2.45) is 0 Å². The highest BCUT2D eigenvalue weighted by Gasteiger charge is 2.14. The molecule has 24 heavy (non-hydrogen) atoms. The fraction of sp³-hybridized carbons (Fsp3) is 0.353. The second-order valence-electron chi connectivity index (χ2n) is 5.78. The van der Waals surface area contributed by atoms with E-state index in [9.17, 15) is 0 Å². The zero-order chi connectivity index (χ0) is 16.4. The fourth-order valence-corrected chi connectivity index (χ4v) is 3.67. The number of hydrogen-bond donors (Lipinski definition) is 1. The molecule has 1 aliphatic rings. The van der Waals surface area contributed by atoms with E-state index in [1.807, 2.05) is 18.2 Å². The highest BCUT2D eigenvalue weighted by atomic mass is 32.2. The van der Waals surface area contributed by atoms with Gasteiger partial charge in [0.1, 0.15) is 17.9 Å². The number of H-pyrrole nitrogens is 1. The second-order valence-corrected chi connectivity index (χ2v) is 6.74. The number of aromatic amines is 1. The molecule has 2 aromatic heterocycles. The zero-order valence-corrected chi connectivity index (χ0v) is 14.3. The molecule has 0 radical (unpaired) electrons. The molecule has 0 aliphatic carbocycles. The van der Waals surface area contributed by atoms with Gasteiger partial charge in [0.05, 0.1) is 23.8 Å². The lowest BCUT2D eigenvalue weighted by atomic mass is 10.3. The Morgan fingerprint density at radius 2 is 2.08 bits per heavy atom. The van der Waals surface area contributed by atoms with Crippen LogP contribution in [0.1, 0.15) is 18.5 Å². The molecule has 6 nitrogen and oxygen atoms in total. The van der Waals surface area contributed by atoms with E-state index in [4.69, 9.17) is 4.74 Å². The Balaban J connectivity index is 1.47. The molecule has 0 atom stereocenters. The van der Waals surface area contributed by atoms with E-state index >= 15 is 0 Å². The Kier molecular flexibility index (Phi) is 4.25. The van der Waals surface area contributed by atoms with E-state index in [1.54, 1.807) is 25.2 Å². The number of thioether (sulfide) groups is 1. The maximum Gasteiger partial charge on any atom is 0.166 e. The largest absolute Gasteiger partial charge is 0.497 e. The molecule has 0 spiro atoms. The van der Waals surface area contributed by atoms with Crippen LogP contribution in [0.4, 0.5) is 5.82 Å². The van der Waals surface area contributed by atoms with Gasteiger partial charge in [-0.05, 0) is 25.0 Å². The molecule has 0 amide bonds. The SMILES string of the molecule is COc1ccc2nc(SCc3cc(N4CCCC4)ncn3)[nH]c2c1. The molecular formula is C17H19N5OS. The summed E-state index contributed by atoms with van der Waals surface area (Å²) in [6.07, 6.45) is 4.15. The molecular weight excluding hydrogens is 322 g/mol. The summed E-state index contributed by atoms with van der Waals surface area (Å²) in [7, 11) is 1.67.